The van der Waals surface area contributed by atoms with Crippen molar-refractivity contribution in [1.29, 1.82) is 0 Å². The van der Waals surface area contributed by atoms with Gasteiger partial charge in [-0.25, -0.2) is 0 Å². The molecule has 0 fully saturated rings. The van der Waals surface area contributed by atoms with Crippen molar-refractivity contribution in [3.63, 3.8) is 0 Å². The van der Waals surface area contributed by atoms with E-state index in [1.807, 2.05) is 0 Å². The summed E-state index contributed by atoms with van der Waals surface area (Å²) < 4.78 is 0. The average Bonchev–Trinajstić information content (AvgIpc) is 3.34. The number of hydrogen-bond acceptors (Lipinski definition) is 0. The lowest BCUT2D eigenvalue weighted by Crippen LogP contribution is -2.29. The molecule has 0 aliphatic heterocycles. The van der Waals surface area contributed by atoms with Crippen molar-refractivity contribution in [3.05, 3.63) is 257 Å². The number of allylic oxidation sites excluding steroid dienone is 6. The van der Waals surface area contributed by atoms with Crippen LogP contribution in [-0.2, 0) is 5.41 Å². The summed E-state index contributed by atoms with van der Waals surface area (Å²) >= 11 is 0. The molecule has 8 rings (SSSR count). The lowest BCUT2D eigenvalue weighted by atomic mass is 9.64. The molecule has 7 aromatic carbocycles. The van der Waals surface area contributed by atoms with Gasteiger partial charge in [0.05, 0.1) is 5.41 Å². The van der Waals surface area contributed by atoms with Gasteiger partial charge in [0.1, 0.15) is 0 Å². The van der Waals surface area contributed by atoms with E-state index in [-0.39, 0.29) is 0 Å². The predicted molar refractivity (Wildman–Crippen MR) is 206 cm³/mol. The standard InChI is InChI=1S/C49H35/c1-8-22-37(23-9-1)44-36-49(42-32-18-6-19-33-42,43-34-20-7-21-35-43)48(41-30-16-5-17-31-41)47(40-28-14-4-15-29-40)46(39-26-12-3-13-27-39)45(44)38-24-10-2-11-25-38/h1-35H. The van der Waals surface area contributed by atoms with Crippen LogP contribution in [0.1, 0.15) is 38.9 Å². The van der Waals surface area contributed by atoms with Crippen molar-refractivity contribution in [3.8, 4) is 0 Å². The van der Waals surface area contributed by atoms with E-state index < -0.39 is 5.41 Å². The zero-order valence-electron chi connectivity index (χ0n) is 27.2. The highest BCUT2D eigenvalue weighted by molar-refractivity contribution is 6.31. The van der Waals surface area contributed by atoms with Gasteiger partial charge in [0, 0.05) is 0 Å². The first-order valence-corrected chi connectivity index (χ1v) is 16.9. The van der Waals surface area contributed by atoms with Gasteiger partial charge in [-0.3, -0.25) is 0 Å². The lowest BCUT2D eigenvalue weighted by molar-refractivity contribution is 0.819. The molecule has 0 spiro atoms. The highest BCUT2D eigenvalue weighted by Crippen LogP contribution is 2.57. The van der Waals surface area contributed by atoms with Gasteiger partial charge in [-0.2, -0.15) is 0 Å². The van der Waals surface area contributed by atoms with E-state index >= 15 is 0 Å². The minimum absolute atomic E-state index is 0.809. The Morgan fingerprint density at radius 3 is 0.980 bits per heavy atom. The molecule has 0 bridgehead atoms. The fourth-order valence-electron chi connectivity index (χ4n) is 7.32. The quantitative estimate of drug-likeness (QED) is 0.166. The summed E-state index contributed by atoms with van der Waals surface area (Å²) in [4.78, 5) is 0. The van der Waals surface area contributed by atoms with Crippen LogP contribution >= 0.6 is 0 Å². The van der Waals surface area contributed by atoms with E-state index in [2.05, 4.69) is 218 Å². The van der Waals surface area contributed by atoms with Crippen LogP contribution in [0.5, 0.6) is 0 Å². The summed E-state index contributed by atoms with van der Waals surface area (Å²) in [6.45, 7) is 0. The first kappa shape index (κ1) is 30.1. The van der Waals surface area contributed by atoms with E-state index in [1.165, 1.54) is 16.7 Å². The SMILES string of the molecule is [C]1=C(c2ccccc2)C(c2ccccc2)=C(c2ccccc2)C(c2ccccc2)=C(c2ccccc2)C1(c1ccccc1)c1ccccc1. The molecule has 0 N–H and O–H groups in total. The van der Waals surface area contributed by atoms with Gasteiger partial charge in [0.2, 0.25) is 0 Å². The number of hydrogen-bond donors (Lipinski definition) is 0. The smallest absolute Gasteiger partial charge is 0.0622 e. The molecular formula is C49H35. The van der Waals surface area contributed by atoms with Gasteiger partial charge in [0.25, 0.3) is 0 Å². The van der Waals surface area contributed by atoms with Gasteiger partial charge in [-0.1, -0.05) is 212 Å². The highest BCUT2D eigenvalue weighted by atomic mass is 14.4. The molecule has 0 nitrogen and oxygen atoms in total. The molecule has 231 valence electrons. The van der Waals surface area contributed by atoms with E-state index in [0.717, 1.165) is 50.1 Å². The molecule has 0 heteroatoms. The second-order valence-electron chi connectivity index (χ2n) is 12.3. The molecule has 1 aliphatic rings. The Morgan fingerprint density at radius 1 is 0.265 bits per heavy atom. The van der Waals surface area contributed by atoms with Crippen molar-refractivity contribution >= 4 is 27.9 Å². The first-order chi connectivity index (χ1) is 24.3. The number of benzene rings is 7. The van der Waals surface area contributed by atoms with Gasteiger partial charge in [-0.05, 0) is 72.9 Å². The lowest BCUT2D eigenvalue weighted by Gasteiger charge is -2.37. The van der Waals surface area contributed by atoms with E-state index in [0.29, 0.717) is 0 Å². The van der Waals surface area contributed by atoms with Crippen LogP contribution in [0.2, 0.25) is 0 Å². The Labute approximate surface area is 289 Å². The zero-order chi connectivity index (χ0) is 32.9. The van der Waals surface area contributed by atoms with Crippen LogP contribution in [0, 0.1) is 6.08 Å². The van der Waals surface area contributed by atoms with E-state index in [1.54, 1.807) is 0 Å². The van der Waals surface area contributed by atoms with Crippen LogP contribution in [0.15, 0.2) is 212 Å². The molecule has 1 aliphatic carbocycles. The van der Waals surface area contributed by atoms with Gasteiger partial charge >= 0.3 is 0 Å². The minimum Gasteiger partial charge on any atom is -0.0622 e. The maximum atomic E-state index is 4.38. The second kappa shape index (κ2) is 13.5. The first-order valence-electron chi connectivity index (χ1n) is 16.9. The third kappa shape index (κ3) is 5.58. The largest absolute Gasteiger partial charge is 0.0723 e. The zero-order valence-corrected chi connectivity index (χ0v) is 27.2. The Morgan fingerprint density at radius 2 is 0.571 bits per heavy atom. The van der Waals surface area contributed by atoms with Gasteiger partial charge in [0.15, 0.2) is 0 Å². The Balaban J connectivity index is 1.71. The topological polar surface area (TPSA) is 0 Å². The van der Waals surface area contributed by atoms with Gasteiger partial charge < -0.3 is 0 Å². The molecule has 0 saturated carbocycles. The van der Waals surface area contributed by atoms with Gasteiger partial charge in [-0.15, -0.1) is 0 Å². The third-order valence-corrected chi connectivity index (χ3v) is 9.41. The molecule has 7 aromatic rings. The predicted octanol–water partition coefficient (Wildman–Crippen LogP) is 12.1. The fraction of sp³-hybridized carbons (Fsp3) is 0.0204. The van der Waals surface area contributed by atoms with Crippen molar-refractivity contribution in [1.82, 2.24) is 0 Å². The van der Waals surface area contributed by atoms with Crippen LogP contribution in [0.3, 0.4) is 0 Å². The van der Waals surface area contributed by atoms with E-state index in [4.69, 9.17) is 0 Å². The molecule has 0 aromatic heterocycles. The maximum absolute atomic E-state index is 4.38. The Bertz CT molecular complexity index is 2210. The molecule has 0 amide bonds. The van der Waals surface area contributed by atoms with E-state index in [9.17, 15) is 0 Å². The minimum atomic E-state index is -0.809. The summed E-state index contributed by atoms with van der Waals surface area (Å²) in [7, 11) is 0. The normalized spacial score (nSPS) is 14.2. The van der Waals surface area contributed by atoms with Crippen LogP contribution < -0.4 is 0 Å². The summed E-state index contributed by atoms with van der Waals surface area (Å²) in [5.74, 6) is 0. The maximum Gasteiger partial charge on any atom is 0.0723 e. The van der Waals surface area contributed by atoms with Crippen molar-refractivity contribution in [2.45, 2.75) is 5.41 Å². The molecule has 0 saturated heterocycles. The van der Waals surface area contributed by atoms with Crippen molar-refractivity contribution < 1.29 is 0 Å². The highest BCUT2D eigenvalue weighted by Gasteiger charge is 2.43. The molecule has 0 heterocycles. The van der Waals surface area contributed by atoms with Crippen LogP contribution in [0.25, 0.3) is 27.9 Å². The number of rotatable bonds is 7. The second-order valence-corrected chi connectivity index (χ2v) is 12.3. The van der Waals surface area contributed by atoms with Crippen LogP contribution in [0.4, 0.5) is 0 Å². The molecule has 49 heavy (non-hydrogen) atoms. The third-order valence-electron chi connectivity index (χ3n) is 9.41. The molecule has 1 radical (unpaired) electrons. The van der Waals surface area contributed by atoms with Crippen LogP contribution in [-0.4, -0.2) is 0 Å². The molecule has 0 atom stereocenters. The average molecular weight is 624 g/mol. The monoisotopic (exact) mass is 623 g/mol. The fourth-order valence-corrected chi connectivity index (χ4v) is 7.32. The Hall–Kier alpha value is -6.24. The molecular weight excluding hydrogens is 589 g/mol. The summed E-state index contributed by atoms with van der Waals surface area (Å²) in [5.41, 5.74) is 13.0. The van der Waals surface area contributed by atoms with Crippen molar-refractivity contribution in [2.24, 2.45) is 0 Å². The van der Waals surface area contributed by atoms with Crippen molar-refractivity contribution in [2.75, 3.05) is 0 Å². The summed E-state index contributed by atoms with van der Waals surface area (Å²) in [6.07, 6.45) is 4.38. The molecule has 0 unspecified atom stereocenters. The summed E-state index contributed by atoms with van der Waals surface area (Å²) in [6, 6.07) is 76.4. The summed E-state index contributed by atoms with van der Waals surface area (Å²) in [5, 5.41) is 0. The Kier molecular flexibility index (Phi) is 8.28.